The van der Waals surface area contributed by atoms with Crippen molar-refractivity contribution in [3.05, 3.63) is 33.5 Å². The van der Waals surface area contributed by atoms with E-state index < -0.39 is 0 Å². The van der Waals surface area contributed by atoms with E-state index in [1.165, 1.54) is 4.88 Å². The second kappa shape index (κ2) is 3.85. The highest BCUT2D eigenvalue weighted by atomic mass is 79.9. The van der Waals surface area contributed by atoms with E-state index in [2.05, 4.69) is 39.5 Å². The van der Waals surface area contributed by atoms with Gasteiger partial charge in [0.25, 0.3) is 0 Å². The summed E-state index contributed by atoms with van der Waals surface area (Å²) in [6, 6.07) is 4.21. The summed E-state index contributed by atoms with van der Waals surface area (Å²) in [4.78, 5) is 3.30. The second-order valence-electron chi connectivity index (χ2n) is 1.65. The molecule has 9 heavy (non-hydrogen) atoms. The van der Waals surface area contributed by atoms with Crippen molar-refractivity contribution in [1.82, 2.24) is 0 Å². The summed E-state index contributed by atoms with van der Waals surface area (Å²) in [5.74, 6) is 0. The Labute approximate surface area is 67.3 Å². The molecule has 1 rings (SSSR count). The lowest BCUT2D eigenvalue weighted by Crippen LogP contribution is -1.67. The van der Waals surface area contributed by atoms with E-state index in [0.717, 1.165) is 6.42 Å². The van der Waals surface area contributed by atoms with Crippen LogP contribution in [0.25, 0.3) is 0 Å². The molecule has 48 valence electrons. The van der Waals surface area contributed by atoms with Gasteiger partial charge in [-0.2, -0.15) is 0 Å². The maximum Gasteiger partial charge on any atom is 0.00831 e. The molecule has 0 atom stereocenters. The molecular weight excluding hydrogens is 196 g/mol. The van der Waals surface area contributed by atoms with Crippen molar-refractivity contribution < 1.29 is 0 Å². The first-order valence-electron chi connectivity index (χ1n) is 2.71. The molecule has 1 aromatic rings. The van der Waals surface area contributed by atoms with Crippen molar-refractivity contribution in [3.8, 4) is 0 Å². The lowest BCUT2D eigenvalue weighted by molar-refractivity contribution is 1.35. The van der Waals surface area contributed by atoms with E-state index in [4.69, 9.17) is 0 Å². The number of thiophene rings is 1. The van der Waals surface area contributed by atoms with Gasteiger partial charge in [0.15, 0.2) is 0 Å². The SMILES string of the molecule is BrC=CCc1cccs1. The lowest BCUT2D eigenvalue weighted by Gasteiger charge is -1.82. The third-order valence-corrected chi connectivity index (χ3v) is 2.26. The van der Waals surface area contributed by atoms with Crippen molar-refractivity contribution in [3.63, 3.8) is 0 Å². The van der Waals surface area contributed by atoms with Crippen molar-refractivity contribution >= 4 is 27.3 Å². The minimum absolute atomic E-state index is 1.04. The zero-order valence-electron chi connectivity index (χ0n) is 4.88. The standard InChI is InChI=1S/C7H7BrS/c8-5-1-3-7-4-2-6-9-7/h1-2,4-6H,3H2. The van der Waals surface area contributed by atoms with Crippen LogP contribution in [0.5, 0.6) is 0 Å². The molecule has 0 spiro atoms. The van der Waals surface area contributed by atoms with Crippen LogP contribution < -0.4 is 0 Å². The fraction of sp³-hybridized carbons (Fsp3) is 0.143. The van der Waals surface area contributed by atoms with Crippen LogP contribution in [-0.4, -0.2) is 0 Å². The van der Waals surface area contributed by atoms with Gasteiger partial charge < -0.3 is 0 Å². The van der Waals surface area contributed by atoms with Gasteiger partial charge in [0.2, 0.25) is 0 Å². The minimum atomic E-state index is 1.04. The van der Waals surface area contributed by atoms with Gasteiger partial charge in [-0.05, 0) is 16.4 Å². The van der Waals surface area contributed by atoms with E-state index in [-0.39, 0.29) is 0 Å². The van der Waals surface area contributed by atoms with E-state index in [0.29, 0.717) is 0 Å². The molecular formula is C7H7BrS. The first-order chi connectivity index (χ1) is 4.43. The minimum Gasteiger partial charge on any atom is -0.149 e. The van der Waals surface area contributed by atoms with Gasteiger partial charge >= 0.3 is 0 Å². The van der Waals surface area contributed by atoms with E-state index in [9.17, 15) is 0 Å². The van der Waals surface area contributed by atoms with Crippen molar-refractivity contribution in [2.75, 3.05) is 0 Å². The maximum absolute atomic E-state index is 3.22. The van der Waals surface area contributed by atoms with Gasteiger partial charge in [0, 0.05) is 11.3 Å². The Morgan fingerprint density at radius 3 is 3.11 bits per heavy atom. The van der Waals surface area contributed by atoms with E-state index in [1.807, 2.05) is 4.99 Å². The zero-order valence-corrected chi connectivity index (χ0v) is 7.28. The molecule has 0 amide bonds. The lowest BCUT2D eigenvalue weighted by atomic mass is 10.3. The Balaban J connectivity index is 2.48. The molecule has 1 heterocycles. The first-order valence-corrected chi connectivity index (χ1v) is 4.50. The van der Waals surface area contributed by atoms with Crippen LogP contribution >= 0.6 is 27.3 Å². The molecule has 0 nitrogen and oxygen atoms in total. The van der Waals surface area contributed by atoms with Crippen LogP contribution in [-0.2, 0) is 6.42 Å². The Hall–Kier alpha value is -0.0800. The van der Waals surface area contributed by atoms with Crippen LogP contribution in [0, 0.1) is 0 Å². The fourth-order valence-electron chi connectivity index (χ4n) is 0.589. The molecule has 0 saturated heterocycles. The molecule has 0 N–H and O–H groups in total. The molecule has 0 aromatic carbocycles. The summed E-state index contributed by atoms with van der Waals surface area (Å²) in [6.07, 6.45) is 3.13. The third kappa shape index (κ3) is 2.33. The smallest absolute Gasteiger partial charge is 0.00831 e. The Bertz CT molecular complexity index is 177. The molecule has 0 saturated carbocycles. The summed E-state index contributed by atoms with van der Waals surface area (Å²) < 4.78 is 0. The fourth-order valence-corrected chi connectivity index (χ4v) is 1.46. The average Bonchev–Trinajstić information content (AvgIpc) is 2.34. The first kappa shape index (κ1) is 7.03. The topological polar surface area (TPSA) is 0 Å². The predicted octanol–water partition coefficient (Wildman–Crippen LogP) is 3.20. The zero-order chi connectivity index (χ0) is 6.53. The number of hydrogen-bond donors (Lipinski definition) is 0. The van der Waals surface area contributed by atoms with Gasteiger partial charge in [0.05, 0.1) is 0 Å². The largest absolute Gasteiger partial charge is 0.149 e. The molecule has 0 fully saturated rings. The molecule has 1 aromatic heterocycles. The molecule has 0 bridgehead atoms. The van der Waals surface area contributed by atoms with E-state index in [1.54, 1.807) is 11.3 Å². The Morgan fingerprint density at radius 2 is 2.56 bits per heavy atom. The monoisotopic (exact) mass is 202 g/mol. The summed E-state index contributed by atoms with van der Waals surface area (Å²) in [6.45, 7) is 0. The number of rotatable bonds is 2. The second-order valence-corrected chi connectivity index (χ2v) is 3.21. The number of allylic oxidation sites excluding steroid dienone is 1. The van der Waals surface area contributed by atoms with Crippen LogP contribution in [0.2, 0.25) is 0 Å². The van der Waals surface area contributed by atoms with Gasteiger partial charge in [-0.3, -0.25) is 0 Å². The molecule has 0 aliphatic carbocycles. The summed E-state index contributed by atoms with van der Waals surface area (Å²) in [5.41, 5.74) is 0. The van der Waals surface area contributed by atoms with Crippen LogP contribution in [0.1, 0.15) is 4.88 Å². The van der Waals surface area contributed by atoms with Gasteiger partial charge in [-0.25, -0.2) is 0 Å². The third-order valence-electron chi connectivity index (χ3n) is 0.988. The highest BCUT2D eigenvalue weighted by Gasteiger charge is 1.85. The highest BCUT2D eigenvalue weighted by Crippen LogP contribution is 2.09. The Kier molecular flexibility index (Phi) is 3.01. The Morgan fingerprint density at radius 1 is 1.67 bits per heavy atom. The molecule has 0 unspecified atom stereocenters. The maximum atomic E-state index is 3.22. The molecule has 0 radical (unpaired) electrons. The van der Waals surface area contributed by atoms with Gasteiger partial charge in [-0.1, -0.05) is 28.1 Å². The quantitative estimate of drug-likeness (QED) is 0.692. The van der Waals surface area contributed by atoms with Crippen molar-refractivity contribution in [1.29, 1.82) is 0 Å². The van der Waals surface area contributed by atoms with Gasteiger partial charge in [0.1, 0.15) is 0 Å². The summed E-state index contributed by atoms with van der Waals surface area (Å²) >= 11 is 5.01. The average molecular weight is 203 g/mol. The predicted molar refractivity (Wildman–Crippen MR) is 46.1 cm³/mol. The number of hydrogen-bond acceptors (Lipinski definition) is 1. The van der Waals surface area contributed by atoms with Gasteiger partial charge in [-0.15, -0.1) is 11.3 Å². The van der Waals surface area contributed by atoms with Crippen LogP contribution in [0.3, 0.4) is 0 Å². The van der Waals surface area contributed by atoms with Crippen LogP contribution in [0.4, 0.5) is 0 Å². The summed E-state index contributed by atoms with van der Waals surface area (Å²) in [7, 11) is 0. The van der Waals surface area contributed by atoms with Crippen LogP contribution in [0.15, 0.2) is 28.6 Å². The molecule has 0 aliphatic heterocycles. The number of halogens is 1. The molecule has 0 aliphatic rings. The highest BCUT2D eigenvalue weighted by molar-refractivity contribution is 9.11. The van der Waals surface area contributed by atoms with Crippen molar-refractivity contribution in [2.45, 2.75) is 6.42 Å². The molecule has 2 heteroatoms. The van der Waals surface area contributed by atoms with E-state index >= 15 is 0 Å². The normalized spacial score (nSPS) is 10.8. The summed E-state index contributed by atoms with van der Waals surface area (Å²) in [5, 5.41) is 2.09. The van der Waals surface area contributed by atoms with Crippen molar-refractivity contribution in [2.24, 2.45) is 0 Å².